The topological polar surface area (TPSA) is 57.0 Å². The molecular formula is C21H21N3O2S. The first-order valence-electron chi connectivity index (χ1n) is 9.07. The molecule has 2 aromatic carbocycles. The van der Waals surface area contributed by atoms with Crippen LogP contribution in [0.5, 0.6) is 5.75 Å². The van der Waals surface area contributed by atoms with Crippen LogP contribution in [-0.4, -0.2) is 32.9 Å². The van der Waals surface area contributed by atoms with Crippen LogP contribution >= 0.6 is 11.8 Å². The van der Waals surface area contributed by atoms with Gasteiger partial charge in [0, 0.05) is 24.1 Å². The second-order valence-electron chi connectivity index (χ2n) is 6.55. The van der Waals surface area contributed by atoms with Gasteiger partial charge < -0.3 is 9.30 Å². The second kappa shape index (κ2) is 7.56. The van der Waals surface area contributed by atoms with Crippen LogP contribution in [0, 0.1) is 6.92 Å². The molecule has 0 aliphatic carbocycles. The number of carbonyl (C=O) groups is 1. The third kappa shape index (κ3) is 3.62. The smallest absolute Gasteiger partial charge is 0.191 e. The molecule has 0 saturated heterocycles. The third-order valence-electron chi connectivity index (χ3n) is 4.65. The monoisotopic (exact) mass is 379 g/mol. The molecule has 0 bridgehead atoms. The zero-order chi connectivity index (χ0) is 18.8. The highest BCUT2D eigenvalue weighted by Gasteiger charge is 2.18. The number of carbonyl (C=O) groups excluding carboxylic acids is 1. The number of ketones is 1. The lowest BCUT2D eigenvalue weighted by atomic mass is 10.1. The third-order valence-corrected chi connectivity index (χ3v) is 5.62. The number of ether oxygens (including phenoxy) is 1. The minimum atomic E-state index is 0.0949. The minimum absolute atomic E-state index is 0.0949. The number of fused-ring (bicyclic) bond motifs is 1. The average Bonchev–Trinajstić information content (AvgIpc) is 3.31. The van der Waals surface area contributed by atoms with Crippen molar-refractivity contribution in [3.05, 3.63) is 59.2 Å². The van der Waals surface area contributed by atoms with Crippen molar-refractivity contribution >= 4 is 17.5 Å². The Morgan fingerprint density at radius 2 is 2.11 bits per heavy atom. The molecule has 0 unspecified atom stereocenters. The quantitative estimate of drug-likeness (QED) is 0.475. The second-order valence-corrected chi connectivity index (χ2v) is 7.50. The van der Waals surface area contributed by atoms with Crippen molar-refractivity contribution in [3.63, 3.8) is 0 Å². The van der Waals surface area contributed by atoms with Gasteiger partial charge in [0.2, 0.25) is 0 Å². The summed E-state index contributed by atoms with van der Waals surface area (Å²) in [5, 5.41) is 9.45. The van der Waals surface area contributed by atoms with Crippen LogP contribution in [-0.2, 0) is 13.0 Å². The summed E-state index contributed by atoms with van der Waals surface area (Å²) in [7, 11) is 0. The van der Waals surface area contributed by atoms with Crippen molar-refractivity contribution in [2.75, 3.05) is 12.4 Å². The van der Waals surface area contributed by atoms with Gasteiger partial charge in [-0.15, -0.1) is 10.2 Å². The summed E-state index contributed by atoms with van der Waals surface area (Å²) in [5.74, 6) is 2.17. The maximum Gasteiger partial charge on any atom is 0.191 e. The van der Waals surface area contributed by atoms with E-state index >= 15 is 0 Å². The number of thioether (sulfide) groups is 1. The lowest BCUT2D eigenvalue weighted by Gasteiger charge is -2.08. The van der Waals surface area contributed by atoms with E-state index in [4.69, 9.17) is 4.74 Å². The molecule has 1 aliphatic heterocycles. The summed E-state index contributed by atoms with van der Waals surface area (Å²) >= 11 is 1.44. The van der Waals surface area contributed by atoms with Gasteiger partial charge in [0.15, 0.2) is 16.8 Å². The molecule has 4 rings (SSSR count). The van der Waals surface area contributed by atoms with Crippen molar-refractivity contribution in [2.24, 2.45) is 0 Å². The van der Waals surface area contributed by atoms with Crippen LogP contribution in [0.1, 0.15) is 28.4 Å². The molecule has 1 aliphatic rings. The Bertz CT molecular complexity index is 997. The molecule has 0 spiro atoms. The molecule has 0 N–H and O–H groups in total. The van der Waals surface area contributed by atoms with Crippen molar-refractivity contribution in [1.82, 2.24) is 14.8 Å². The number of rotatable bonds is 6. The Labute approximate surface area is 162 Å². The summed E-state index contributed by atoms with van der Waals surface area (Å²) in [6, 6.07) is 13.9. The fourth-order valence-electron chi connectivity index (χ4n) is 3.25. The molecule has 5 nitrogen and oxygen atoms in total. The van der Waals surface area contributed by atoms with Crippen LogP contribution < -0.4 is 4.74 Å². The molecule has 0 fully saturated rings. The predicted octanol–water partition coefficient (Wildman–Crippen LogP) is 4.18. The van der Waals surface area contributed by atoms with Gasteiger partial charge in [-0.05, 0) is 43.7 Å². The molecule has 27 heavy (non-hydrogen) atoms. The first-order valence-corrected chi connectivity index (χ1v) is 10.1. The van der Waals surface area contributed by atoms with Crippen molar-refractivity contribution in [2.45, 2.75) is 32.0 Å². The fraction of sp³-hybridized carbons (Fsp3) is 0.286. The highest BCUT2D eigenvalue weighted by molar-refractivity contribution is 7.99. The number of Topliss-reactive ketones (excluding diaryl/α,β-unsaturated/α-hetero) is 1. The summed E-state index contributed by atoms with van der Waals surface area (Å²) in [6.45, 7) is 5.58. The van der Waals surface area contributed by atoms with Crippen molar-refractivity contribution in [3.8, 4) is 17.1 Å². The van der Waals surface area contributed by atoms with E-state index in [2.05, 4.69) is 40.7 Å². The Balaban J connectivity index is 1.51. The molecule has 1 aromatic heterocycles. The van der Waals surface area contributed by atoms with E-state index in [0.717, 1.165) is 46.4 Å². The zero-order valence-corrected chi connectivity index (χ0v) is 16.3. The number of aromatic nitrogens is 3. The van der Waals surface area contributed by atoms with Crippen molar-refractivity contribution < 1.29 is 9.53 Å². The number of hydrogen-bond donors (Lipinski definition) is 0. The zero-order valence-electron chi connectivity index (χ0n) is 15.4. The van der Waals surface area contributed by atoms with Crippen LogP contribution in [0.2, 0.25) is 0 Å². The maximum atomic E-state index is 12.6. The van der Waals surface area contributed by atoms with E-state index in [-0.39, 0.29) is 5.78 Å². The van der Waals surface area contributed by atoms with Gasteiger partial charge in [-0.2, -0.15) is 0 Å². The minimum Gasteiger partial charge on any atom is -0.493 e. The van der Waals surface area contributed by atoms with Crippen LogP contribution in [0.3, 0.4) is 0 Å². The highest BCUT2D eigenvalue weighted by atomic mass is 32.2. The van der Waals surface area contributed by atoms with Gasteiger partial charge in [-0.3, -0.25) is 4.79 Å². The molecule has 0 radical (unpaired) electrons. The van der Waals surface area contributed by atoms with Gasteiger partial charge in [-0.25, -0.2) is 0 Å². The van der Waals surface area contributed by atoms with Gasteiger partial charge in [-0.1, -0.05) is 35.5 Å². The van der Waals surface area contributed by atoms with E-state index in [0.29, 0.717) is 12.4 Å². The van der Waals surface area contributed by atoms with E-state index in [9.17, 15) is 4.79 Å². The summed E-state index contributed by atoms with van der Waals surface area (Å²) in [5.41, 5.74) is 4.07. The molecule has 0 saturated carbocycles. The first kappa shape index (κ1) is 17.8. The van der Waals surface area contributed by atoms with E-state index in [1.54, 1.807) is 0 Å². The summed E-state index contributed by atoms with van der Waals surface area (Å²) in [4.78, 5) is 12.6. The normalized spacial score (nSPS) is 12.7. The van der Waals surface area contributed by atoms with E-state index in [1.807, 2.05) is 30.3 Å². The lowest BCUT2D eigenvalue weighted by Crippen LogP contribution is -2.05. The predicted molar refractivity (Wildman–Crippen MR) is 107 cm³/mol. The highest BCUT2D eigenvalue weighted by Crippen LogP contribution is 2.28. The Morgan fingerprint density at radius 1 is 1.22 bits per heavy atom. The lowest BCUT2D eigenvalue weighted by molar-refractivity contribution is 0.102. The first-order chi connectivity index (χ1) is 13.2. The Hall–Kier alpha value is -2.60. The van der Waals surface area contributed by atoms with Gasteiger partial charge in [0.05, 0.1) is 12.4 Å². The van der Waals surface area contributed by atoms with Crippen LogP contribution in [0.15, 0.2) is 47.6 Å². The van der Waals surface area contributed by atoms with Crippen molar-refractivity contribution in [1.29, 1.82) is 0 Å². The largest absolute Gasteiger partial charge is 0.493 e. The number of aryl methyl sites for hydroxylation is 1. The van der Waals surface area contributed by atoms with Gasteiger partial charge >= 0.3 is 0 Å². The van der Waals surface area contributed by atoms with Crippen LogP contribution in [0.25, 0.3) is 11.4 Å². The molecule has 3 aromatic rings. The standard InChI is InChI=1S/C21H21N3O2S/c1-3-24-20(17-6-4-5-14(2)11-17)22-23-21(24)27-13-18(25)15-7-8-19-16(12-15)9-10-26-19/h4-8,11-12H,3,9-10,13H2,1-2H3. The Morgan fingerprint density at radius 3 is 2.93 bits per heavy atom. The number of hydrogen-bond acceptors (Lipinski definition) is 5. The maximum absolute atomic E-state index is 12.6. The average molecular weight is 379 g/mol. The molecule has 2 heterocycles. The molecule has 0 atom stereocenters. The molecular weight excluding hydrogens is 358 g/mol. The Kier molecular flexibility index (Phi) is 4.99. The van der Waals surface area contributed by atoms with E-state index < -0.39 is 0 Å². The fourth-order valence-corrected chi connectivity index (χ4v) is 4.15. The summed E-state index contributed by atoms with van der Waals surface area (Å²) in [6.07, 6.45) is 0.869. The van der Waals surface area contributed by atoms with Crippen LogP contribution in [0.4, 0.5) is 0 Å². The summed E-state index contributed by atoms with van der Waals surface area (Å²) < 4.78 is 7.57. The molecule has 6 heteroatoms. The number of nitrogens with zero attached hydrogens (tertiary/aromatic N) is 3. The van der Waals surface area contributed by atoms with Gasteiger partial charge in [0.25, 0.3) is 0 Å². The SMILES string of the molecule is CCn1c(SCC(=O)c2ccc3c(c2)CCO3)nnc1-c1cccc(C)c1. The van der Waals surface area contributed by atoms with Gasteiger partial charge in [0.1, 0.15) is 5.75 Å². The number of benzene rings is 2. The molecule has 0 amide bonds. The van der Waals surface area contributed by atoms with E-state index in [1.165, 1.54) is 17.3 Å². The molecule has 138 valence electrons.